The second kappa shape index (κ2) is 8.71. The molecule has 7 heteroatoms. The van der Waals surface area contributed by atoms with Crippen molar-refractivity contribution >= 4 is 23.4 Å². The van der Waals surface area contributed by atoms with Crippen LogP contribution >= 0.6 is 11.8 Å². The predicted molar refractivity (Wildman–Crippen MR) is 103 cm³/mol. The molecule has 2 rings (SSSR count). The molecule has 0 aliphatic carbocycles. The van der Waals surface area contributed by atoms with Crippen molar-refractivity contribution in [3.63, 3.8) is 0 Å². The maximum atomic E-state index is 13.0. The normalized spacial score (nSPS) is 11.7. The molecule has 0 fully saturated rings. The summed E-state index contributed by atoms with van der Waals surface area (Å²) >= 11 is 1.29. The average Bonchev–Trinajstić information content (AvgIpc) is 2.67. The third-order valence-corrected chi connectivity index (χ3v) is 5.05. The van der Waals surface area contributed by atoms with Crippen LogP contribution in [0.5, 0.6) is 5.75 Å². The molecule has 0 aliphatic heterocycles. The van der Waals surface area contributed by atoms with Crippen LogP contribution in [-0.4, -0.2) is 35.6 Å². The highest BCUT2D eigenvalue weighted by atomic mass is 32.2. The van der Waals surface area contributed by atoms with Gasteiger partial charge in [-0.1, -0.05) is 12.1 Å². The summed E-state index contributed by atoms with van der Waals surface area (Å²) in [6, 6.07) is 12.0. The number of amides is 1. The predicted octanol–water partition coefficient (Wildman–Crippen LogP) is 4.55. The second-order valence-electron chi connectivity index (χ2n) is 5.69. The SMILES string of the molecule is CCN(C(=O)c1ccc(SC)c([N+](=O)[O-])c1)C(C)c1cccc(OC)c1. The zero-order valence-electron chi connectivity index (χ0n) is 15.3. The molecule has 0 aliphatic rings. The van der Waals surface area contributed by atoms with E-state index in [1.165, 1.54) is 17.8 Å². The van der Waals surface area contributed by atoms with Gasteiger partial charge in [0.05, 0.1) is 23.0 Å². The van der Waals surface area contributed by atoms with Gasteiger partial charge in [-0.2, -0.15) is 0 Å². The zero-order valence-corrected chi connectivity index (χ0v) is 16.1. The molecule has 2 aromatic carbocycles. The Labute approximate surface area is 157 Å². The molecule has 0 N–H and O–H groups in total. The maximum absolute atomic E-state index is 13.0. The van der Waals surface area contributed by atoms with E-state index in [4.69, 9.17) is 4.74 Å². The minimum Gasteiger partial charge on any atom is -0.497 e. The van der Waals surface area contributed by atoms with E-state index >= 15 is 0 Å². The molecule has 0 saturated heterocycles. The Bertz CT molecular complexity index is 810. The highest BCUT2D eigenvalue weighted by molar-refractivity contribution is 7.98. The topological polar surface area (TPSA) is 72.7 Å². The number of carbonyl (C=O) groups excluding carboxylic acids is 1. The number of methoxy groups -OCH3 is 1. The molecule has 26 heavy (non-hydrogen) atoms. The lowest BCUT2D eigenvalue weighted by atomic mass is 10.0. The van der Waals surface area contributed by atoms with Crippen LogP contribution < -0.4 is 4.74 Å². The molecular formula is C19H22N2O4S. The number of carbonyl (C=O) groups is 1. The number of hydrogen-bond acceptors (Lipinski definition) is 5. The second-order valence-corrected chi connectivity index (χ2v) is 6.54. The summed E-state index contributed by atoms with van der Waals surface area (Å²) in [4.78, 5) is 26.0. The maximum Gasteiger partial charge on any atom is 0.283 e. The van der Waals surface area contributed by atoms with Gasteiger partial charge in [-0.05, 0) is 49.9 Å². The fraction of sp³-hybridized carbons (Fsp3) is 0.316. The van der Waals surface area contributed by atoms with Crippen LogP contribution in [0, 0.1) is 10.1 Å². The minimum atomic E-state index is -0.454. The first-order chi connectivity index (χ1) is 12.4. The smallest absolute Gasteiger partial charge is 0.283 e. The molecule has 2 aromatic rings. The van der Waals surface area contributed by atoms with Crippen LogP contribution in [-0.2, 0) is 0 Å². The standard InChI is InChI=1S/C19H22N2O4S/c1-5-20(13(2)14-7-6-8-16(11-14)25-3)19(22)15-9-10-18(26-4)17(12-15)21(23)24/h6-13H,5H2,1-4H3. The molecule has 0 radical (unpaired) electrons. The van der Waals surface area contributed by atoms with Crippen molar-refractivity contribution in [1.82, 2.24) is 4.90 Å². The lowest BCUT2D eigenvalue weighted by Crippen LogP contribution is -2.33. The highest BCUT2D eigenvalue weighted by Crippen LogP contribution is 2.30. The molecule has 138 valence electrons. The molecule has 6 nitrogen and oxygen atoms in total. The summed E-state index contributed by atoms with van der Waals surface area (Å²) < 4.78 is 5.25. The molecule has 0 saturated carbocycles. The van der Waals surface area contributed by atoms with E-state index in [-0.39, 0.29) is 17.6 Å². The Kier molecular flexibility index (Phi) is 6.63. The van der Waals surface area contributed by atoms with Crippen LogP contribution in [0.2, 0.25) is 0 Å². The zero-order chi connectivity index (χ0) is 19.3. The molecule has 1 amide bonds. The van der Waals surface area contributed by atoms with E-state index in [0.717, 1.165) is 11.3 Å². The van der Waals surface area contributed by atoms with Gasteiger partial charge in [-0.25, -0.2) is 0 Å². The van der Waals surface area contributed by atoms with Crippen molar-refractivity contribution in [3.8, 4) is 5.75 Å². The summed E-state index contributed by atoms with van der Waals surface area (Å²) in [6.45, 7) is 4.30. The first kappa shape index (κ1) is 19.8. The van der Waals surface area contributed by atoms with Gasteiger partial charge < -0.3 is 9.64 Å². The Morgan fingerprint density at radius 1 is 1.31 bits per heavy atom. The average molecular weight is 374 g/mol. The van der Waals surface area contributed by atoms with Crippen molar-refractivity contribution in [1.29, 1.82) is 0 Å². The van der Waals surface area contributed by atoms with Crippen molar-refractivity contribution < 1.29 is 14.5 Å². The quantitative estimate of drug-likeness (QED) is 0.404. The van der Waals surface area contributed by atoms with Gasteiger partial charge in [0, 0.05) is 18.2 Å². The van der Waals surface area contributed by atoms with Crippen molar-refractivity contribution in [3.05, 3.63) is 63.7 Å². The Morgan fingerprint density at radius 2 is 2.04 bits per heavy atom. The number of thioether (sulfide) groups is 1. The molecule has 0 heterocycles. The number of nitro groups is 1. The van der Waals surface area contributed by atoms with Gasteiger partial charge in [-0.15, -0.1) is 11.8 Å². The first-order valence-electron chi connectivity index (χ1n) is 8.20. The minimum absolute atomic E-state index is 0.0477. The van der Waals surface area contributed by atoms with Crippen LogP contribution in [0.15, 0.2) is 47.4 Å². The van der Waals surface area contributed by atoms with E-state index in [2.05, 4.69) is 0 Å². The van der Waals surface area contributed by atoms with Gasteiger partial charge in [0.25, 0.3) is 11.6 Å². The molecule has 0 bridgehead atoms. The van der Waals surface area contributed by atoms with Crippen molar-refractivity contribution in [2.24, 2.45) is 0 Å². The van der Waals surface area contributed by atoms with E-state index in [9.17, 15) is 14.9 Å². The molecule has 1 atom stereocenters. The van der Waals surface area contributed by atoms with Gasteiger partial charge in [-0.3, -0.25) is 14.9 Å². The summed E-state index contributed by atoms with van der Waals surface area (Å²) in [5, 5.41) is 11.3. The largest absolute Gasteiger partial charge is 0.497 e. The third kappa shape index (κ3) is 4.16. The molecule has 0 aromatic heterocycles. The lowest BCUT2D eigenvalue weighted by Gasteiger charge is -2.28. The third-order valence-electron chi connectivity index (χ3n) is 4.27. The number of hydrogen-bond donors (Lipinski definition) is 0. The van der Waals surface area contributed by atoms with Crippen LogP contribution in [0.25, 0.3) is 0 Å². The summed E-state index contributed by atoms with van der Waals surface area (Å²) in [6.07, 6.45) is 1.77. The lowest BCUT2D eigenvalue weighted by molar-refractivity contribution is -0.387. The van der Waals surface area contributed by atoms with E-state index in [1.54, 1.807) is 30.4 Å². The van der Waals surface area contributed by atoms with Crippen LogP contribution in [0.4, 0.5) is 5.69 Å². The van der Waals surface area contributed by atoms with Crippen LogP contribution in [0.3, 0.4) is 0 Å². The Hall–Kier alpha value is -2.54. The van der Waals surface area contributed by atoms with Gasteiger partial charge in [0.15, 0.2) is 0 Å². The van der Waals surface area contributed by atoms with Crippen molar-refractivity contribution in [2.45, 2.75) is 24.8 Å². The highest BCUT2D eigenvalue weighted by Gasteiger charge is 2.24. The van der Waals surface area contributed by atoms with Gasteiger partial charge in [0.1, 0.15) is 5.75 Å². The number of nitro benzene ring substituents is 1. The van der Waals surface area contributed by atoms with Crippen LogP contribution in [0.1, 0.15) is 35.8 Å². The Morgan fingerprint density at radius 3 is 2.62 bits per heavy atom. The van der Waals surface area contributed by atoms with Gasteiger partial charge in [0.2, 0.25) is 0 Å². The number of benzene rings is 2. The summed E-state index contributed by atoms with van der Waals surface area (Å²) in [5.74, 6) is 0.483. The first-order valence-corrected chi connectivity index (χ1v) is 9.42. The Balaban J connectivity index is 2.36. The van der Waals surface area contributed by atoms with E-state index in [0.29, 0.717) is 17.0 Å². The fourth-order valence-corrected chi connectivity index (χ4v) is 3.35. The van der Waals surface area contributed by atoms with E-state index < -0.39 is 4.92 Å². The molecule has 1 unspecified atom stereocenters. The number of ether oxygens (including phenoxy) is 1. The number of nitrogens with zero attached hydrogens (tertiary/aromatic N) is 2. The molecular weight excluding hydrogens is 352 g/mol. The fourth-order valence-electron chi connectivity index (χ4n) is 2.81. The van der Waals surface area contributed by atoms with Crippen molar-refractivity contribution in [2.75, 3.05) is 19.9 Å². The monoisotopic (exact) mass is 374 g/mol. The van der Waals surface area contributed by atoms with Gasteiger partial charge >= 0.3 is 0 Å². The summed E-state index contributed by atoms with van der Waals surface area (Å²) in [5.41, 5.74) is 1.20. The molecule has 0 spiro atoms. The van der Waals surface area contributed by atoms with E-state index in [1.807, 2.05) is 38.1 Å². The summed E-state index contributed by atoms with van der Waals surface area (Å²) in [7, 11) is 1.60. The number of rotatable bonds is 7.